The number of rotatable bonds is 9. The molecular formula is C18H21N3O13S4. The largest absolute Gasteiger partial charge is 0.507 e. The smallest absolute Gasteiger partial charge is 0.294 e. The maximum Gasteiger partial charge on any atom is 0.294 e. The summed E-state index contributed by atoms with van der Waals surface area (Å²) in [6.07, 6.45) is 0. The van der Waals surface area contributed by atoms with E-state index in [9.17, 15) is 40.2 Å². The topological polar surface area (TPSA) is 290 Å². The zero-order valence-corrected chi connectivity index (χ0v) is 21.9. The first kappa shape index (κ1) is 29.9. The molecule has 0 aromatic heterocycles. The number of hydrogen-bond donors (Lipinski definition) is 9. The molecule has 16 nitrogen and oxygen atoms in total. The van der Waals surface area contributed by atoms with Crippen molar-refractivity contribution in [2.24, 2.45) is 10.2 Å². The number of anilines is 1. The molecule has 0 heterocycles. The van der Waals surface area contributed by atoms with Gasteiger partial charge >= 0.3 is 0 Å². The predicted octanol–water partition coefficient (Wildman–Crippen LogP) is 4.30. The molecule has 38 heavy (non-hydrogen) atoms. The number of fused-ring (bicyclic) bond motifs is 1. The summed E-state index contributed by atoms with van der Waals surface area (Å²) in [7, 11) is -13.3. The first-order chi connectivity index (χ1) is 17.3. The third-order valence-corrected chi connectivity index (χ3v) is 8.72. The summed E-state index contributed by atoms with van der Waals surface area (Å²) in [6.45, 7) is -0.710. The first-order valence-corrected chi connectivity index (χ1v) is 15.8. The van der Waals surface area contributed by atoms with Crippen molar-refractivity contribution in [3.63, 3.8) is 0 Å². The molecule has 3 aromatic carbocycles. The van der Waals surface area contributed by atoms with Gasteiger partial charge in [-0.3, -0.25) is 22.4 Å². The summed E-state index contributed by atoms with van der Waals surface area (Å²) in [6, 6.07) is 7.06. The third-order valence-electron chi connectivity index (χ3n) is 4.81. The third kappa shape index (κ3) is 7.07. The van der Waals surface area contributed by atoms with Gasteiger partial charge in [0.15, 0.2) is 9.84 Å². The van der Waals surface area contributed by atoms with E-state index < -0.39 is 81.3 Å². The van der Waals surface area contributed by atoms with Crippen LogP contribution in [0.5, 0.6) is 5.75 Å². The van der Waals surface area contributed by atoms with Gasteiger partial charge in [-0.15, -0.1) is 5.11 Å². The number of nitrogen functional groups attached to an aromatic ring is 1. The predicted molar refractivity (Wildman–Crippen MR) is 138 cm³/mol. The summed E-state index contributed by atoms with van der Waals surface area (Å²) < 4.78 is 117. The molecule has 0 atom stereocenters. The molecule has 0 aliphatic rings. The molecule has 0 fully saturated rings. The van der Waals surface area contributed by atoms with Crippen LogP contribution in [0, 0.1) is 0 Å². The summed E-state index contributed by atoms with van der Waals surface area (Å²) >= 11 is -4.32. The highest BCUT2D eigenvalue weighted by Gasteiger charge is 2.27. The molecule has 10 N–H and O–H groups in total. The summed E-state index contributed by atoms with van der Waals surface area (Å²) in [5, 5.41) is 17.5. The van der Waals surface area contributed by atoms with Crippen molar-refractivity contribution in [3.05, 3.63) is 42.5 Å². The lowest BCUT2D eigenvalue weighted by Gasteiger charge is -2.22. The van der Waals surface area contributed by atoms with Gasteiger partial charge in [0.05, 0.1) is 38.4 Å². The number of azo groups is 1. The van der Waals surface area contributed by atoms with Crippen molar-refractivity contribution in [1.82, 2.24) is 0 Å². The number of phenols is 1. The van der Waals surface area contributed by atoms with Gasteiger partial charge in [-0.25, -0.2) is 8.42 Å². The van der Waals surface area contributed by atoms with Gasteiger partial charge in [0.2, 0.25) is 11.2 Å². The summed E-state index contributed by atoms with van der Waals surface area (Å²) in [5.74, 6) is -1.41. The zero-order valence-electron chi connectivity index (χ0n) is 18.7. The fourth-order valence-electron chi connectivity index (χ4n) is 3.15. The molecule has 3 rings (SSSR count). The van der Waals surface area contributed by atoms with Crippen LogP contribution in [0.3, 0.4) is 0 Å². The molecule has 0 bridgehead atoms. The Balaban J connectivity index is 2.00. The second-order valence-corrected chi connectivity index (χ2v) is 13.7. The SMILES string of the molecule is Nc1c(N=Nc2ccc(S(=O)(=O)CCOS(O)(O)O)cc2)c(S(O)(O)O)cc2cc(S(=O)(=O)O)cc(O)c12. The molecule has 20 heteroatoms. The molecule has 0 saturated carbocycles. The number of hydrogen-bond acceptors (Lipinski definition) is 15. The molecule has 0 aliphatic carbocycles. The number of phenolic OH excluding ortho intramolecular Hbond substituents is 1. The highest BCUT2D eigenvalue weighted by molar-refractivity contribution is 8.19. The van der Waals surface area contributed by atoms with Gasteiger partial charge in [0, 0.05) is 11.5 Å². The van der Waals surface area contributed by atoms with Gasteiger partial charge < -0.3 is 24.5 Å². The number of benzene rings is 3. The highest BCUT2D eigenvalue weighted by Crippen LogP contribution is 2.54. The average Bonchev–Trinajstić information content (AvgIpc) is 2.76. The number of nitrogens with zero attached hydrogens (tertiary/aromatic N) is 2. The monoisotopic (exact) mass is 615 g/mol. The second-order valence-electron chi connectivity index (χ2n) is 7.47. The molecule has 3 aromatic rings. The Morgan fingerprint density at radius 2 is 1.42 bits per heavy atom. The lowest BCUT2D eigenvalue weighted by atomic mass is 10.1. The van der Waals surface area contributed by atoms with Crippen LogP contribution < -0.4 is 5.73 Å². The molecule has 0 aliphatic heterocycles. The van der Waals surface area contributed by atoms with Gasteiger partial charge in [-0.05, 0) is 41.8 Å². The minimum Gasteiger partial charge on any atom is -0.507 e. The van der Waals surface area contributed by atoms with Crippen molar-refractivity contribution < 1.29 is 58.0 Å². The average molecular weight is 616 g/mol. The van der Waals surface area contributed by atoms with Crippen LogP contribution in [0.1, 0.15) is 0 Å². The number of aromatic hydroxyl groups is 1. The lowest BCUT2D eigenvalue weighted by molar-refractivity contribution is 0.213. The Morgan fingerprint density at radius 3 is 1.95 bits per heavy atom. The molecule has 0 radical (unpaired) electrons. The van der Waals surface area contributed by atoms with Crippen molar-refractivity contribution >= 4 is 69.8 Å². The van der Waals surface area contributed by atoms with Crippen LogP contribution in [0.4, 0.5) is 17.1 Å². The Bertz CT molecular complexity index is 1610. The van der Waals surface area contributed by atoms with Gasteiger partial charge in [0.25, 0.3) is 10.1 Å². The number of nitrogens with two attached hydrogens (primary N) is 1. The normalized spacial score (nSPS) is 14.3. The lowest BCUT2D eigenvalue weighted by Crippen LogP contribution is -2.14. The van der Waals surface area contributed by atoms with Gasteiger partial charge in [0.1, 0.15) is 22.3 Å². The molecule has 0 spiro atoms. The fraction of sp³-hybridized carbons (Fsp3) is 0.111. The van der Waals surface area contributed by atoms with E-state index in [1.54, 1.807) is 0 Å². The molecule has 0 amide bonds. The second kappa shape index (κ2) is 10.5. The maximum atomic E-state index is 12.3. The highest BCUT2D eigenvalue weighted by atomic mass is 32.3. The van der Waals surface area contributed by atoms with E-state index in [0.717, 1.165) is 24.3 Å². The Hall–Kier alpha value is -2.60. The van der Waals surface area contributed by atoms with E-state index in [0.29, 0.717) is 6.07 Å². The molecular weight excluding hydrogens is 594 g/mol. The van der Waals surface area contributed by atoms with Crippen LogP contribution >= 0.6 is 22.0 Å². The van der Waals surface area contributed by atoms with Crippen LogP contribution in [-0.4, -0.2) is 66.2 Å². The van der Waals surface area contributed by atoms with E-state index in [4.69, 9.17) is 19.4 Å². The fourth-order valence-corrected chi connectivity index (χ4v) is 5.89. The van der Waals surface area contributed by atoms with Crippen LogP contribution in [0.2, 0.25) is 0 Å². The van der Waals surface area contributed by atoms with E-state index >= 15 is 0 Å². The van der Waals surface area contributed by atoms with E-state index in [1.165, 1.54) is 12.1 Å². The Kier molecular flexibility index (Phi) is 8.29. The van der Waals surface area contributed by atoms with E-state index in [1.807, 2.05) is 0 Å². The minimum absolute atomic E-state index is 0.0237. The Morgan fingerprint density at radius 1 is 0.816 bits per heavy atom. The minimum atomic E-state index is -4.77. The zero-order chi connectivity index (χ0) is 28.7. The van der Waals surface area contributed by atoms with E-state index in [2.05, 4.69) is 14.4 Å². The summed E-state index contributed by atoms with van der Waals surface area (Å²) in [5.41, 5.74) is 5.09. The van der Waals surface area contributed by atoms with Crippen molar-refractivity contribution in [3.8, 4) is 5.75 Å². The van der Waals surface area contributed by atoms with Crippen molar-refractivity contribution in [2.75, 3.05) is 18.1 Å². The number of sulfone groups is 1. The summed E-state index contributed by atoms with van der Waals surface area (Å²) in [4.78, 5) is -1.64. The van der Waals surface area contributed by atoms with Crippen LogP contribution in [-0.2, 0) is 24.1 Å². The van der Waals surface area contributed by atoms with Crippen LogP contribution in [0.25, 0.3) is 10.8 Å². The van der Waals surface area contributed by atoms with Crippen molar-refractivity contribution in [2.45, 2.75) is 14.7 Å². The van der Waals surface area contributed by atoms with Crippen molar-refractivity contribution in [1.29, 1.82) is 0 Å². The first-order valence-electron chi connectivity index (χ1n) is 9.76. The molecule has 210 valence electrons. The molecule has 0 unspecified atom stereocenters. The van der Waals surface area contributed by atoms with Crippen LogP contribution in [0.15, 0.2) is 67.4 Å². The molecule has 0 saturated heterocycles. The standard InChI is InChI=1S/C18H21N3O13S4/c19-17-16-10(7-13(9-14(16)22)36(25,26)27)8-15(37(28,29)30)18(17)21-20-11-1-3-12(4-2-11)35(23,24)6-5-34-38(31,32)33/h1-4,7-9,22,28-33H,5-6,19H2,(H,25,26,27). The van der Waals surface area contributed by atoms with Gasteiger partial charge in [-0.2, -0.15) is 13.5 Å². The maximum absolute atomic E-state index is 12.3. The van der Waals surface area contributed by atoms with Gasteiger partial charge in [-0.1, -0.05) is 0 Å². The van der Waals surface area contributed by atoms with E-state index in [-0.39, 0.29) is 21.4 Å². The Labute approximate surface area is 218 Å². The quantitative estimate of drug-likeness (QED) is 0.0921.